The van der Waals surface area contributed by atoms with E-state index in [4.69, 9.17) is 23.2 Å². The van der Waals surface area contributed by atoms with Crippen molar-refractivity contribution in [3.8, 4) is 0 Å². The van der Waals surface area contributed by atoms with Crippen LogP contribution in [0.3, 0.4) is 0 Å². The molecule has 0 unspecified atom stereocenters. The van der Waals surface area contributed by atoms with E-state index in [-0.39, 0.29) is 17.5 Å². The van der Waals surface area contributed by atoms with Gasteiger partial charge in [-0.1, -0.05) is 29.3 Å². The molecule has 0 spiro atoms. The monoisotopic (exact) mass is 398 g/mol. The molecule has 7 heteroatoms. The zero-order valence-corrected chi connectivity index (χ0v) is 15.5. The fraction of sp³-hybridized carbons (Fsp3) is 0.316. The average molecular weight is 399 g/mol. The topological polar surface area (TPSA) is 32.3 Å². The molecule has 1 aliphatic rings. The Bertz CT molecular complexity index is 808. The van der Waals surface area contributed by atoms with Crippen LogP contribution in [0.2, 0.25) is 10.0 Å². The summed E-state index contributed by atoms with van der Waals surface area (Å²) < 4.78 is 26.2. The molecule has 3 rings (SSSR count). The highest BCUT2D eigenvalue weighted by molar-refractivity contribution is 6.35. The average Bonchev–Trinajstić information content (AvgIpc) is 2.61. The first kappa shape index (κ1) is 19.1. The van der Waals surface area contributed by atoms with Crippen LogP contribution in [0, 0.1) is 17.6 Å². The summed E-state index contributed by atoms with van der Waals surface area (Å²) in [5.41, 5.74) is 1.27. The van der Waals surface area contributed by atoms with Crippen LogP contribution in [-0.2, 0) is 11.3 Å². The number of carbonyl (C=O) groups is 1. The normalized spacial score (nSPS) is 15.8. The molecular weight excluding hydrogens is 381 g/mol. The first-order valence-corrected chi connectivity index (χ1v) is 9.10. The van der Waals surface area contributed by atoms with E-state index < -0.39 is 11.6 Å². The number of rotatable bonds is 4. The van der Waals surface area contributed by atoms with Crippen LogP contribution in [-0.4, -0.2) is 23.9 Å². The molecule has 0 radical (unpaired) electrons. The van der Waals surface area contributed by atoms with E-state index in [0.717, 1.165) is 30.8 Å². The molecule has 2 aromatic carbocycles. The van der Waals surface area contributed by atoms with Gasteiger partial charge in [-0.25, -0.2) is 8.78 Å². The van der Waals surface area contributed by atoms with Crippen molar-refractivity contribution in [2.75, 3.05) is 18.4 Å². The summed E-state index contributed by atoms with van der Waals surface area (Å²) in [6, 6.07) is 8.79. The highest BCUT2D eigenvalue weighted by Gasteiger charge is 2.25. The number of hydrogen-bond acceptors (Lipinski definition) is 2. The van der Waals surface area contributed by atoms with Crippen LogP contribution in [0.15, 0.2) is 36.4 Å². The molecule has 0 atom stereocenters. The van der Waals surface area contributed by atoms with E-state index in [2.05, 4.69) is 10.2 Å². The molecule has 2 aromatic rings. The maximum absolute atomic E-state index is 13.2. The Morgan fingerprint density at radius 2 is 1.81 bits per heavy atom. The molecule has 1 fully saturated rings. The van der Waals surface area contributed by atoms with Gasteiger partial charge in [0.05, 0.1) is 0 Å². The summed E-state index contributed by atoms with van der Waals surface area (Å²) in [7, 11) is 0. The molecule has 3 nitrogen and oxygen atoms in total. The van der Waals surface area contributed by atoms with Crippen molar-refractivity contribution < 1.29 is 13.6 Å². The van der Waals surface area contributed by atoms with Crippen molar-refractivity contribution >= 4 is 34.8 Å². The lowest BCUT2D eigenvalue weighted by molar-refractivity contribution is -0.121. The standard InChI is InChI=1S/C19H18Cl2F2N2O/c20-14-2-1-13(16(21)9-14)11-25-7-5-12(6-8-25)19(26)24-15-3-4-17(22)18(23)10-15/h1-4,9-10,12H,5-8,11H2,(H,24,26). The van der Waals surface area contributed by atoms with Gasteiger partial charge in [0.1, 0.15) is 0 Å². The Labute approximate surface area is 160 Å². The van der Waals surface area contributed by atoms with E-state index >= 15 is 0 Å². The molecule has 0 aliphatic carbocycles. The Kier molecular flexibility index (Phi) is 6.12. The Hall–Kier alpha value is -1.69. The summed E-state index contributed by atoms with van der Waals surface area (Å²) in [6.07, 6.45) is 1.39. The minimum atomic E-state index is -0.975. The second-order valence-corrected chi connectivity index (χ2v) is 7.25. The molecule has 0 saturated carbocycles. The second-order valence-electron chi connectivity index (χ2n) is 6.40. The zero-order valence-electron chi connectivity index (χ0n) is 13.9. The highest BCUT2D eigenvalue weighted by atomic mass is 35.5. The number of nitrogens with zero attached hydrogens (tertiary/aromatic N) is 1. The number of likely N-dealkylation sites (tertiary alicyclic amines) is 1. The number of anilines is 1. The highest BCUT2D eigenvalue weighted by Crippen LogP contribution is 2.25. The van der Waals surface area contributed by atoms with Crippen molar-refractivity contribution in [2.24, 2.45) is 5.92 Å². The lowest BCUT2D eigenvalue weighted by Crippen LogP contribution is -2.37. The quantitative estimate of drug-likeness (QED) is 0.774. The molecule has 0 aromatic heterocycles. The summed E-state index contributed by atoms with van der Waals surface area (Å²) in [6.45, 7) is 2.22. The van der Waals surface area contributed by atoms with E-state index in [1.54, 1.807) is 6.07 Å². The Morgan fingerprint density at radius 3 is 2.46 bits per heavy atom. The van der Waals surface area contributed by atoms with Crippen LogP contribution in [0.1, 0.15) is 18.4 Å². The second kappa shape index (κ2) is 8.33. The minimum Gasteiger partial charge on any atom is -0.326 e. The molecule has 1 saturated heterocycles. The fourth-order valence-corrected chi connectivity index (χ4v) is 3.53. The minimum absolute atomic E-state index is 0.153. The molecule has 26 heavy (non-hydrogen) atoms. The lowest BCUT2D eigenvalue weighted by atomic mass is 9.95. The van der Waals surface area contributed by atoms with Crippen LogP contribution in [0.25, 0.3) is 0 Å². The Balaban J connectivity index is 1.52. The SMILES string of the molecule is O=C(Nc1ccc(F)c(F)c1)C1CCN(Cc2ccc(Cl)cc2Cl)CC1. The fourth-order valence-electron chi connectivity index (χ4n) is 3.06. The molecule has 0 bridgehead atoms. The van der Waals surface area contributed by atoms with Gasteiger partial charge < -0.3 is 5.32 Å². The number of carbonyl (C=O) groups excluding carboxylic acids is 1. The molecule has 1 heterocycles. The lowest BCUT2D eigenvalue weighted by Gasteiger charge is -2.31. The summed E-state index contributed by atoms with van der Waals surface area (Å²) in [4.78, 5) is 14.6. The summed E-state index contributed by atoms with van der Waals surface area (Å²) in [5.74, 6) is -2.23. The number of benzene rings is 2. The van der Waals surface area contributed by atoms with Gasteiger partial charge in [-0.05, 0) is 55.8 Å². The molecular formula is C19H18Cl2F2N2O. The third-order valence-corrected chi connectivity index (χ3v) is 5.14. The van der Waals surface area contributed by atoms with Gasteiger partial charge in [-0.15, -0.1) is 0 Å². The predicted octanol–water partition coefficient (Wildman–Crippen LogP) is 5.12. The van der Waals surface area contributed by atoms with Crippen LogP contribution in [0.4, 0.5) is 14.5 Å². The third kappa shape index (κ3) is 4.72. The van der Waals surface area contributed by atoms with Gasteiger partial charge in [-0.2, -0.15) is 0 Å². The van der Waals surface area contributed by atoms with Gasteiger partial charge in [-0.3, -0.25) is 9.69 Å². The predicted molar refractivity (Wildman–Crippen MR) is 99.5 cm³/mol. The largest absolute Gasteiger partial charge is 0.326 e. The van der Waals surface area contributed by atoms with Crippen LogP contribution in [0.5, 0.6) is 0 Å². The van der Waals surface area contributed by atoms with Gasteiger partial charge >= 0.3 is 0 Å². The molecule has 1 N–H and O–H groups in total. The number of hydrogen-bond donors (Lipinski definition) is 1. The molecule has 138 valence electrons. The van der Waals surface area contributed by atoms with E-state index in [1.807, 2.05) is 12.1 Å². The van der Waals surface area contributed by atoms with E-state index in [1.165, 1.54) is 6.07 Å². The summed E-state index contributed by atoms with van der Waals surface area (Å²) in [5, 5.41) is 3.90. The van der Waals surface area contributed by atoms with Crippen LogP contribution < -0.4 is 5.32 Å². The smallest absolute Gasteiger partial charge is 0.227 e. The van der Waals surface area contributed by atoms with Gasteiger partial charge in [0.15, 0.2) is 11.6 Å². The maximum atomic E-state index is 13.2. The number of amides is 1. The molecule has 1 aliphatic heterocycles. The third-order valence-electron chi connectivity index (χ3n) is 4.55. The van der Waals surface area contributed by atoms with Crippen molar-refractivity contribution in [3.63, 3.8) is 0 Å². The number of nitrogens with one attached hydrogen (secondary N) is 1. The molecule has 1 amide bonds. The van der Waals surface area contributed by atoms with E-state index in [9.17, 15) is 13.6 Å². The van der Waals surface area contributed by atoms with Crippen molar-refractivity contribution in [3.05, 3.63) is 63.6 Å². The van der Waals surface area contributed by atoms with Gasteiger partial charge in [0.25, 0.3) is 0 Å². The van der Waals surface area contributed by atoms with Gasteiger partial charge in [0.2, 0.25) is 5.91 Å². The maximum Gasteiger partial charge on any atom is 0.227 e. The van der Waals surface area contributed by atoms with Crippen molar-refractivity contribution in [2.45, 2.75) is 19.4 Å². The first-order valence-electron chi connectivity index (χ1n) is 8.34. The first-order chi connectivity index (χ1) is 12.4. The Morgan fingerprint density at radius 1 is 1.08 bits per heavy atom. The number of piperidine rings is 1. The number of halogens is 4. The van der Waals surface area contributed by atoms with Crippen molar-refractivity contribution in [1.29, 1.82) is 0 Å². The van der Waals surface area contributed by atoms with E-state index in [0.29, 0.717) is 29.4 Å². The zero-order chi connectivity index (χ0) is 18.7. The van der Waals surface area contributed by atoms with Crippen LogP contribution >= 0.6 is 23.2 Å². The van der Waals surface area contributed by atoms with Gasteiger partial charge in [0, 0.05) is 34.3 Å². The van der Waals surface area contributed by atoms with Crippen molar-refractivity contribution in [1.82, 2.24) is 4.90 Å². The summed E-state index contributed by atoms with van der Waals surface area (Å²) >= 11 is 12.1.